The molecule has 4 rings (SSSR count). The van der Waals surface area contributed by atoms with Gasteiger partial charge in [-0.2, -0.15) is 0 Å². The predicted octanol–water partition coefficient (Wildman–Crippen LogP) is 2.58. The van der Waals surface area contributed by atoms with Crippen LogP contribution in [0.3, 0.4) is 0 Å². The van der Waals surface area contributed by atoms with E-state index in [1.807, 2.05) is 24.3 Å². The number of hydrogen-bond donors (Lipinski definition) is 0. The fourth-order valence-electron chi connectivity index (χ4n) is 3.41. The van der Waals surface area contributed by atoms with Crippen LogP contribution in [0.5, 0.6) is 0 Å². The van der Waals surface area contributed by atoms with Gasteiger partial charge in [0, 0.05) is 13.0 Å². The zero-order valence-electron chi connectivity index (χ0n) is 15.7. The van der Waals surface area contributed by atoms with Crippen LogP contribution in [0, 0.1) is 0 Å². The second-order valence-corrected chi connectivity index (χ2v) is 7.53. The second kappa shape index (κ2) is 8.00. The first-order chi connectivity index (χ1) is 14.1. The van der Waals surface area contributed by atoms with Gasteiger partial charge in [-0.25, -0.2) is 14.6 Å². The molecular formula is C21H18N2O5S. The Morgan fingerprint density at radius 3 is 2.76 bits per heavy atom. The van der Waals surface area contributed by atoms with E-state index in [2.05, 4.69) is 4.98 Å². The molecule has 0 saturated heterocycles. The number of esters is 2. The topological polar surface area (TPSA) is 85.8 Å². The first-order valence-corrected chi connectivity index (χ1v) is 9.89. The Labute approximate surface area is 170 Å². The number of benzene rings is 2. The minimum Gasteiger partial charge on any atom is -0.467 e. The lowest BCUT2D eigenvalue weighted by Crippen LogP contribution is -2.50. The van der Waals surface area contributed by atoms with E-state index in [4.69, 9.17) is 9.47 Å². The molecule has 148 valence electrons. The van der Waals surface area contributed by atoms with Crippen molar-refractivity contribution < 1.29 is 23.9 Å². The van der Waals surface area contributed by atoms with Crippen LogP contribution in [0.25, 0.3) is 10.2 Å². The van der Waals surface area contributed by atoms with Crippen molar-refractivity contribution in [2.75, 3.05) is 13.7 Å². The van der Waals surface area contributed by atoms with E-state index < -0.39 is 30.5 Å². The summed E-state index contributed by atoms with van der Waals surface area (Å²) in [7, 11) is 1.29. The maximum Gasteiger partial charge on any atom is 0.338 e. The highest BCUT2D eigenvalue weighted by atomic mass is 32.1. The number of carbonyl (C=O) groups is 3. The Kier molecular flexibility index (Phi) is 5.26. The summed E-state index contributed by atoms with van der Waals surface area (Å²) >= 11 is 1.42. The number of fused-ring (bicyclic) bond motifs is 2. The number of nitrogens with zero attached hydrogens (tertiary/aromatic N) is 2. The van der Waals surface area contributed by atoms with Crippen LogP contribution in [-0.2, 0) is 32.0 Å². The standard InChI is InChI=1S/C21H18N2O5S/c1-27-21(26)17-8-13-4-2-3-5-15(13)10-23(17)19(24)11-28-20(25)14-6-7-16-18(9-14)29-12-22-16/h2-7,9,12,17H,8,10-11H2,1H3/t17-/m1/s1. The minimum absolute atomic E-state index is 0.263. The zero-order chi connectivity index (χ0) is 20.4. The smallest absolute Gasteiger partial charge is 0.338 e. The van der Waals surface area contributed by atoms with Crippen LogP contribution < -0.4 is 0 Å². The van der Waals surface area contributed by atoms with Gasteiger partial charge in [0.15, 0.2) is 6.61 Å². The van der Waals surface area contributed by atoms with E-state index in [0.29, 0.717) is 12.0 Å². The molecule has 0 spiro atoms. The van der Waals surface area contributed by atoms with E-state index in [0.717, 1.165) is 21.3 Å². The molecule has 0 aliphatic carbocycles. The molecule has 8 heteroatoms. The summed E-state index contributed by atoms with van der Waals surface area (Å²) in [6.45, 7) is -0.186. The van der Waals surface area contributed by atoms with Crippen LogP contribution in [0.4, 0.5) is 0 Å². The van der Waals surface area contributed by atoms with Crippen LogP contribution in [0.1, 0.15) is 21.5 Å². The number of aromatic nitrogens is 1. The van der Waals surface area contributed by atoms with Crippen molar-refractivity contribution >= 4 is 39.4 Å². The van der Waals surface area contributed by atoms with Crippen LogP contribution in [-0.4, -0.2) is 47.5 Å². The largest absolute Gasteiger partial charge is 0.467 e. The highest BCUT2D eigenvalue weighted by molar-refractivity contribution is 7.16. The van der Waals surface area contributed by atoms with Gasteiger partial charge in [-0.3, -0.25) is 4.79 Å². The van der Waals surface area contributed by atoms with Crippen LogP contribution in [0.2, 0.25) is 0 Å². The van der Waals surface area contributed by atoms with Crippen LogP contribution in [0.15, 0.2) is 48.0 Å². The average molecular weight is 410 g/mol. The molecule has 29 heavy (non-hydrogen) atoms. The number of methoxy groups -OCH3 is 1. The third kappa shape index (κ3) is 3.84. The number of rotatable bonds is 4. The Bertz CT molecular complexity index is 1090. The molecule has 2 heterocycles. The van der Waals surface area contributed by atoms with Crippen molar-refractivity contribution in [1.29, 1.82) is 0 Å². The Morgan fingerprint density at radius 1 is 1.17 bits per heavy atom. The minimum atomic E-state index is -0.741. The fourth-order valence-corrected chi connectivity index (χ4v) is 4.12. The number of carbonyl (C=O) groups excluding carboxylic acids is 3. The van der Waals surface area contributed by atoms with E-state index in [1.165, 1.54) is 23.3 Å². The third-order valence-corrected chi connectivity index (χ3v) is 5.73. The van der Waals surface area contributed by atoms with Crippen molar-refractivity contribution in [1.82, 2.24) is 9.88 Å². The van der Waals surface area contributed by atoms with E-state index >= 15 is 0 Å². The lowest BCUT2D eigenvalue weighted by molar-refractivity contribution is -0.155. The van der Waals surface area contributed by atoms with E-state index in [-0.39, 0.29) is 6.54 Å². The first-order valence-electron chi connectivity index (χ1n) is 9.01. The van der Waals surface area contributed by atoms with Gasteiger partial charge in [-0.1, -0.05) is 24.3 Å². The first kappa shape index (κ1) is 19.1. The van der Waals surface area contributed by atoms with Crippen molar-refractivity contribution in [2.24, 2.45) is 0 Å². The third-order valence-electron chi connectivity index (χ3n) is 4.94. The lowest BCUT2D eigenvalue weighted by Gasteiger charge is -2.35. The normalized spacial score (nSPS) is 15.6. The van der Waals surface area contributed by atoms with Gasteiger partial charge in [-0.05, 0) is 29.3 Å². The summed E-state index contributed by atoms with van der Waals surface area (Å²) in [4.78, 5) is 42.9. The van der Waals surface area contributed by atoms with E-state index in [1.54, 1.807) is 23.7 Å². The number of ether oxygens (including phenoxy) is 2. The van der Waals surface area contributed by atoms with Gasteiger partial charge in [0.05, 0.1) is 28.4 Å². The molecular weight excluding hydrogens is 392 g/mol. The zero-order valence-corrected chi connectivity index (χ0v) is 16.5. The number of thiazole rings is 1. The lowest BCUT2D eigenvalue weighted by atomic mass is 9.94. The second-order valence-electron chi connectivity index (χ2n) is 6.64. The van der Waals surface area contributed by atoms with Crippen LogP contribution >= 0.6 is 11.3 Å². The highest BCUT2D eigenvalue weighted by Gasteiger charge is 2.35. The SMILES string of the molecule is COC(=O)[C@H]1Cc2ccccc2CN1C(=O)COC(=O)c1ccc2ncsc2c1. The molecule has 1 aromatic heterocycles. The summed E-state index contributed by atoms with van der Waals surface area (Å²) < 4.78 is 11.0. The number of hydrogen-bond acceptors (Lipinski definition) is 7. The van der Waals surface area contributed by atoms with Gasteiger partial charge < -0.3 is 14.4 Å². The molecule has 0 radical (unpaired) electrons. The average Bonchev–Trinajstić information content (AvgIpc) is 3.23. The molecule has 1 aliphatic rings. The van der Waals surface area contributed by atoms with Gasteiger partial charge >= 0.3 is 11.9 Å². The van der Waals surface area contributed by atoms with Crippen molar-refractivity contribution in [3.05, 3.63) is 64.7 Å². The maximum atomic E-state index is 12.8. The predicted molar refractivity (Wildman–Crippen MR) is 106 cm³/mol. The molecule has 0 saturated carbocycles. The molecule has 1 amide bonds. The summed E-state index contributed by atoms with van der Waals surface area (Å²) in [6.07, 6.45) is 0.366. The molecule has 2 aromatic carbocycles. The molecule has 0 bridgehead atoms. The van der Waals surface area contributed by atoms with Gasteiger partial charge in [0.25, 0.3) is 5.91 Å². The molecule has 3 aromatic rings. The van der Waals surface area contributed by atoms with E-state index in [9.17, 15) is 14.4 Å². The number of amides is 1. The Hall–Kier alpha value is -3.26. The highest BCUT2D eigenvalue weighted by Crippen LogP contribution is 2.24. The fraction of sp³-hybridized carbons (Fsp3) is 0.238. The van der Waals surface area contributed by atoms with Crippen molar-refractivity contribution in [2.45, 2.75) is 19.0 Å². The Balaban J connectivity index is 1.47. The summed E-state index contributed by atoms with van der Waals surface area (Å²) in [5.41, 5.74) is 4.81. The molecule has 7 nitrogen and oxygen atoms in total. The molecule has 1 aliphatic heterocycles. The van der Waals surface area contributed by atoms with Crippen molar-refractivity contribution in [3.8, 4) is 0 Å². The van der Waals surface area contributed by atoms with Gasteiger partial charge in [-0.15, -0.1) is 11.3 Å². The molecule has 0 N–H and O–H groups in total. The summed E-state index contributed by atoms with van der Waals surface area (Å²) in [5.74, 6) is -1.53. The quantitative estimate of drug-likeness (QED) is 0.615. The van der Waals surface area contributed by atoms with Crippen molar-refractivity contribution in [3.63, 3.8) is 0 Å². The summed E-state index contributed by atoms with van der Waals surface area (Å²) in [5, 5.41) is 0. The Morgan fingerprint density at radius 2 is 1.97 bits per heavy atom. The molecule has 0 unspecified atom stereocenters. The molecule has 1 atom stereocenters. The van der Waals surface area contributed by atoms with Gasteiger partial charge in [0.2, 0.25) is 0 Å². The molecule has 0 fully saturated rings. The van der Waals surface area contributed by atoms with Gasteiger partial charge in [0.1, 0.15) is 6.04 Å². The maximum absolute atomic E-state index is 12.8. The monoisotopic (exact) mass is 410 g/mol. The summed E-state index contributed by atoms with van der Waals surface area (Å²) in [6, 6.07) is 11.9.